The second kappa shape index (κ2) is 6.36. The van der Waals surface area contributed by atoms with Gasteiger partial charge < -0.3 is 15.6 Å². The van der Waals surface area contributed by atoms with Crippen LogP contribution in [-0.4, -0.2) is 34.9 Å². The third kappa shape index (κ3) is 4.39. The van der Waals surface area contributed by atoms with E-state index in [0.29, 0.717) is 31.8 Å². The molecule has 2 unspecified atom stereocenters. The maximum absolute atomic E-state index is 11.5. The lowest BCUT2D eigenvalue weighted by molar-refractivity contribution is -0.123. The Morgan fingerprint density at radius 1 is 1.42 bits per heavy atom. The lowest BCUT2D eigenvalue weighted by Crippen LogP contribution is -2.32. The van der Waals surface area contributed by atoms with E-state index in [9.17, 15) is 9.59 Å². The van der Waals surface area contributed by atoms with Crippen molar-refractivity contribution in [3.63, 3.8) is 0 Å². The Balaban J connectivity index is 1.51. The molecule has 0 bridgehead atoms. The molecule has 6 nitrogen and oxygen atoms in total. The fourth-order valence-electron chi connectivity index (χ4n) is 1.96. The summed E-state index contributed by atoms with van der Waals surface area (Å²) in [6, 6.07) is 0. The van der Waals surface area contributed by atoms with Crippen molar-refractivity contribution in [1.29, 1.82) is 0 Å². The summed E-state index contributed by atoms with van der Waals surface area (Å²) < 4.78 is 0. The Kier molecular flexibility index (Phi) is 4.54. The summed E-state index contributed by atoms with van der Waals surface area (Å²) in [7, 11) is 0. The molecule has 0 aliphatic heterocycles. The molecule has 104 valence electrons. The van der Waals surface area contributed by atoms with E-state index in [2.05, 4.69) is 27.5 Å². The molecular weight excluding hydrogens is 244 g/mol. The van der Waals surface area contributed by atoms with Gasteiger partial charge >= 0.3 is 0 Å². The minimum absolute atomic E-state index is 0.0456. The van der Waals surface area contributed by atoms with E-state index in [-0.39, 0.29) is 17.7 Å². The lowest BCUT2D eigenvalue weighted by atomic mass is 10.3. The number of hydrogen-bond acceptors (Lipinski definition) is 3. The van der Waals surface area contributed by atoms with Crippen LogP contribution in [0.2, 0.25) is 0 Å². The minimum atomic E-state index is -0.0456. The number of aromatic nitrogens is 2. The Hall–Kier alpha value is -1.85. The van der Waals surface area contributed by atoms with Crippen LogP contribution in [0, 0.1) is 11.8 Å². The number of H-pyrrole nitrogens is 1. The predicted molar refractivity (Wildman–Crippen MR) is 70.2 cm³/mol. The van der Waals surface area contributed by atoms with E-state index in [4.69, 9.17) is 0 Å². The molecule has 6 heteroatoms. The third-order valence-electron chi connectivity index (χ3n) is 3.34. The van der Waals surface area contributed by atoms with Gasteiger partial charge in [0.1, 0.15) is 5.82 Å². The van der Waals surface area contributed by atoms with Crippen molar-refractivity contribution in [2.24, 2.45) is 11.8 Å². The van der Waals surface area contributed by atoms with E-state index in [0.717, 1.165) is 12.2 Å². The number of imidazole rings is 1. The van der Waals surface area contributed by atoms with Crippen LogP contribution >= 0.6 is 0 Å². The lowest BCUT2D eigenvalue weighted by Gasteiger charge is -2.05. The van der Waals surface area contributed by atoms with Gasteiger partial charge in [0.25, 0.3) is 0 Å². The molecule has 0 spiro atoms. The van der Waals surface area contributed by atoms with Crippen LogP contribution in [0.5, 0.6) is 0 Å². The van der Waals surface area contributed by atoms with Crippen molar-refractivity contribution in [3.8, 4) is 0 Å². The zero-order valence-electron chi connectivity index (χ0n) is 11.1. The van der Waals surface area contributed by atoms with E-state index < -0.39 is 0 Å². The molecule has 19 heavy (non-hydrogen) atoms. The van der Waals surface area contributed by atoms with Crippen LogP contribution < -0.4 is 10.6 Å². The molecule has 1 aliphatic carbocycles. The Bertz CT molecular complexity index is 430. The van der Waals surface area contributed by atoms with Crippen LogP contribution in [0.15, 0.2) is 12.4 Å². The first-order chi connectivity index (χ1) is 9.16. The first kappa shape index (κ1) is 13.6. The van der Waals surface area contributed by atoms with Gasteiger partial charge in [0.2, 0.25) is 11.8 Å². The van der Waals surface area contributed by atoms with Crippen LogP contribution in [0.3, 0.4) is 0 Å². The molecule has 0 aromatic carbocycles. The second-order valence-electron chi connectivity index (χ2n) is 5.00. The second-order valence-corrected chi connectivity index (χ2v) is 5.00. The average molecular weight is 264 g/mol. The molecule has 1 aromatic rings. The first-order valence-corrected chi connectivity index (χ1v) is 6.69. The standard InChI is InChI=1S/C13H20N4O2/c1-9-8-10(9)13(19)17-5-3-12(18)16-4-2-11-14-6-7-15-11/h6-7,9-10H,2-5,8H2,1H3,(H,14,15)(H,16,18)(H,17,19). The maximum Gasteiger partial charge on any atom is 0.223 e. The minimum Gasteiger partial charge on any atom is -0.356 e. The fraction of sp³-hybridized carbons (Fsp3) is 0.615. The smallest absolute Gasteiger partial charge is 0.223 e. The molecule has 1 saturated carbocycles. The first-order valence-electron chi connectivity index (χ1n) is 6.69. The topological polar surface area (TPSA) is 86.9 Å². The van der Waals surface area contributed by atoms with Crippen LogP contribution in [-0.2, 0) is 16.0 Å². The molecule has 2 rings (SSSR count). The normalized spacial score (nSPS) is 20.9. The highest BCUT2D eigenvalue weighted by Gasteiger charge is 2.38. The largest absolute Gasteiger partial charge is 0.356 e. The number of rotatable bonds is 7. The fourth-order valence-corrected chi connectivity index (χ4v) is 1.96. The highest BCUT2D eigenvalue weighted by Crippen LogP contribution is 2.37. The van der Waals surface area contributed by atoms with Gasteiger partial charge in [-0.05, 0) is 12.3 Å². The van der Waals surface area contributed by atoms with Gasteiger partial charge in [0.15, 0.2) is 0 Å². The quantitative estimate of drug-likeness (QED) is 0.659. The van der Waals surface area contributed by atoms with Gasteiger partial charge in [0, 0.05) is 44.2 Å². The molecular formula is C13H20N4O2. The number of carbonyl (C=O) groups is 2. The van der Waals surface area contributed by atoms with Gasteiger partial charge in [-0.2, -0.15) is 0 Å². The molecule has 1 aromatic heterocycles. The van der Waals surface area contributed by atoms with Crippen molar-refractivity contribution in [2.45, 2.75) is 26.2 Å². The number of carbonyl (C=O) groups excluding carboxylic acids is 2. The zero-order valence-corrected chi connectivity index (χ0v) is 11.1. The molecule has 3 N–H and O–H groups in total. The Morgan fingerprint density at radius 3 is 2.84 bits per heavy atom. The van der Waals surface area contributed by atoms with Crippen LogP contribution in [0.25, 0.3) is 0 Å². The number of aromatic amines is 1. The summed E-state index contributed by atoms with van der Waals surface area (Å²) in [5, 5.41) is 5.59. The van der Waals surface area contributed by atoms with Crippen LogP contribution in [0.1, 0.15) is 25.6 Å². The summed E-state index contributed by atoms with van der Waals surface area (Å²) in [6.07, 6.45) is 5.42. The SMILES string of the molecule is CC1CC1C(=O)NCCC(=O)NCCc1ncc[nH]1. The molecule has 1 fully saturated rings. The van der Waals surface area contributed by atoms with Crippen molar-refractivity contribution >= 4 is 11.8 Å². The van der Waals surface area contributed by atoms with E-state index in [1.807, 2.05) is 0 Å². The molecule has 0 saturated heterocycles. The number of nitrogens with zero attached hydrogens (tertiary/aromatic N) is 1. The van der Waals surface area contributed by atoms with Gasteiger partial charge in [-0.1, -0.05) is 6.92 Å². The Labute approximate surface area is 112 Å². The zero-order chi connectivity index (χ0) is 13.7. The predicted octanol–water partition coefficient (Wildman–Crippen LogP) is 0.231. The van der Waals surface area contributed by atoms with E-state index in [1.165, 1.54) is 0 Å². The summed E-state index contributed by atoms with van der Waals surface area (Å²) in [6.45, 7) is 3.03. The summed E-state index contributed by atoms with van der Waals surface area (Å²) in [4.78, 5) is 30.1. The highest BCUT2D eigenvalue weighted by atomic mass is 16.2. The number of hydrogen-bond donors (Lipinski definition) is 3. The van der Waals surface area contributed by atoms with E-state index >= 15 is 0 Å². The van der Waals surface area contributed by atoms with Gasteiger partial charge in [-0.3, -0.25) is 9.59 Å². The summed E-state index contributed by atoms with van der Waals surface area (Å²) >= 11 is 0. The molecule has 1 aliphatic rings. The third-order valence-corrected chi connectivity index (χ3v) is 3.34. The number of nitrogens with one attached hydrogen (secondary N) is 3. The van der Waals surface area contributed by atoms with Crippen LogP contribution in [0.4, 0.5) is 0 Å². The van der Waals surface area contributed by atoms with Crippen molar-refractivity contribution in [2.75, 3.05) is 13.1 Å². The molecule has 2 amide bonds. The average Bonchev–Trinajstić information content (AvgIpc) is 2.89. The molecule has 2 atom stereocenters. The van der Waals surface area contributed by atoms with Crippen molar-refractivity contribution < 1.29 is 9.59 Å². The van der Waals surface area contributed by atoms with Gasteiger partial charge in [0.05, 0.1) is 0 Å². The number of amides is 2. The van der Waals surface area contributed by atoms with Gasteiger partial charge in [-0.15, -0.1) is 0 Å². The van der Waals surface area contributed by atoms with Gasteiger partial charge in [-0.25, -0.2) is 4.98 Å². The Morgan fingerprint density at radius 2 is 2.21 bits per heavy atom. The van der Waals surface area contributed by atoms with E-state index in [1.54, 1.807) is 12.4 Å². The highest BCUT2D eigenvalue weighted by molar-refractivity contribution is 5.82. The van der Waals surface area contributed by atoms with Crippen molar-refractivity contribution in [3.05, 3.63) is 18.2 Å². The summed E-state index contributed by atoms with van der Waals surface area (Å²) in [5.41, 5.74) is 0. The van der Waals surface area contributed by atoms with Crippen molar-refractivity contribution in [1.82, 2.24) is 20.6 Å². The monoisotopic (exact) mass is 264 g/mol. The summed E-state index contributed by atoms with van der Waals surface area (Å²) in [5.74, 6) is 1.56. The maximum atomic E-state index is 11.5. The molecule has 1 heterocycles. The molecule has 0 radical (unpaired) electrons.